The molecule has 0 saturated carbocycles. The molecule has 0 unspecified atom stereocenters. The number of hydrogen-bond donors (Lipinski definition) is 1. The molecule has 3 heterocycles. The van der Waals surface area contributed by atoms with Crippen LogP contribution in [0.4, 0.5) is 5.69 Å². The van der Waals surface area contributed by atoms with Crippen LogP contribution in [-0.2, 0) is 6.61 Å². The Bertz CT molecular complexity index is 1730. The fourth-order valence-electron chi connectivity index (χ4n) is 5.47. The van der Waals surface area contributed by atoms with E-state index in [4.69, 9.17) is 14.2 Å². The number of aliphatic hydroxyl groups excluding tert-OH is 1. The minimum atomic E-state index is -0.195. The normalized spacial score (nSPS) is 15.8. The van der Waals surface area contributed by atoms with Crippen molar-refractivity contribution in [3.63, 3.8) is 0 Å². The molecule has 10 nitrogen and oxygen atoms in total. The van der Waals surface area contributed by atoms with Crippen LogP contribution >= 0.6 is 0 Å². The fourth-order valence-corrected chi connectivity index (χ4v) is 5.47. The van der Waals surface area contributed by atoms with Crippen LogP contribution in [0.2, 0.25) is 0 Å². The van der Waals surface area contributed by atoms with E-state index in [0.29, 0.717) is 70.5 Å². The maximum Gasteiger partial charge on any atom is 0.266 e. The van der Waals surface area contributed by atoms with E-state index in [1.165, 1.54) is 0 Å². The Morgan fingerprint density at radius 2 is 1.81 bits per heavy atom. The highest BCUT2D eigenvalue weighted by Gasteiger charge is 2.32. The van der Waals surface area contributed by atoms with Crippen molar-refractivity contribution < 1.29 is 24.1 Å². The highest BCUT2D eigenvalue weighted by molar-refractivity contribution is 6.03. The molecule has 6 rings (SSSR count). The molecule has 42 heavy (non-hydrogen) atoms. The summed E-state index contributed by atoms with van der Waals surface area (Å²) in [4.78, 5) is 37.5. The first-order valence-electron chi connectivity index (χ1n) is 14.0. The maximum atomic E-state index is 13.4. The number of nitrogens with zero attached hydrogens (tertiary/aromatic N) is 4. The SMILES string of the molecule is COc1cc2c(cc1OCCCOc1ccc3nc(C)n(-c4ccc(CO)cc4)c(=O)c3c1)N=C[C@@H]1CCCN1C2=O. The van der Waals surface area contributed by atoms with Crippen LogP contribution < -0.4 is 19.8 Å². The summed E-state index contributed by atoms with van der Waals surface area (Å²) < 4.78 is 19.0. The van der Waals surface area contributed by atoms with Gasteiger partial charge in [-0.15, -0.1) is 0 Å². The molecular weight excluding hydrogens is 536 g/mol. The highest BCUT2D eigenvalue weighted by Crippen LogP contribution is 2.38. The molecule has 10 heteroatoms. The van der Waals surface area contributed by atoms with Crippen LogP contribution in [0.25, 0.3) is 16.6 Å². The number of carbonyl (C=O) groups is 1. The smallest absolute Gasteiger partial charge is 0.266 e. The lowest BCUT2D eigenvalue weighted by atomic mass is 10.1. The average Bonchev–Trinajstić information content (AvgIpc) is 3.44. The zero-order valence-corrected chi connectivity index (χ0v) is 23.6. The Labute approximate surface area is 242 Å². The largest absolute Gasteiger partial charge is 0.493 e. The number of aliphatic hydroxyl groups is 1. The van der Waals surface area contributed by atoms with Gasteiger partial charge < -0.3 is 24.2 Å². The van der Waals surface area contributed by atoms with Gasteiger partial charge in [-0.3, -0.25) is 19.1 Å². The maximum absolute atomic E-state index is 13.4. The molecule has 1 aromatic heterocycles. The van der Waals surface area contributed by atoms with E-state index in [1.54, 1.807) is 73.2 Å². The Morgan fingerprint density at radius 1 is 1.00 bits per heavy atom. The van der Waals surface area contributed by atoms with Gasteiger partial charge in [-0.2, -0.15) is 0 Å². The number of hydrogen-bond acceptors (Lipinski definition) is 8. The molecule has 216 valence electrons. The Hall–Kier alpha value is -4.70. The molecule has 0 bridgehead atoms. The van der Waals surface area contributed by atoms with Crippen molar-refractivity contribution in [2.45, 2.75) is 38.8 Å². The van der Waals surface area contributed by atoms with Crippen LogP contribution in [0.15, 0.2) is 64.4 Å². The molecule has 2 aliphatic heterocycles. The average molecular weight is 569 g/mol. The summed E-state index contributed by atoms with van der Waals surface area (Å²) in [6, 6.07) is 15.9. The summed E-state index contributed by atoms with van der Waals surface area (Å²) in [5.41, 5.74) is 2.94. The quantitative estimate of drug-likeness (QED) is 0.298. The molecule has 1 fully saturated rings. The zero-order valence-electron chi connectivity index (χ0n) is 23.6. The van der Waals surface area contributed by atoms with E-state index in [-0.39, 0.29) is 24.1 Å². The van der Waals surface area contributed by atoms with Gasteiger partial charge in [-0.05, 0) is 61.7 Å². The van der Waals surface area contributed by atoms with E-state index in [0.717, 1.165) is 24.9 Å². The molecule has 2 aliphatic rings. The number of aryl methyl sites for hydroxylation is 1. The van der Waals surface area contributed by atoms with Gasteiger partial charge in [-0.25, -0.2) is 4.98 Å². The third-order valence-corrected chi connectivity index (χ3v) is 7.66. The molecule has 1 atom stereocenters. The number of carbonyl (C=O) groups excluding carboxylic acids is 1. The molecule has 0 radical (unpaired) electrons. The standard InChI is InChI=1S/C32H32N4O6/c1-20-34-27-11-10-24(15-25(27)32(39)36(20)22-8-6-21(19-37)7-9-22)41-13-4-14-42-30-17-28-26(16-29(30)40-2)31(38)35-12-3-5-23(35)18-33-28/h6-11,15-18,23,37H,3-5,12-14,19H2,1-2H3/t23-/m0/s1. The zero-order chi connectivity index (χ0) is 29.2. The monoisotopic (exact) mass is 568 g/mol. The number of fused-ring (bicyclic) bond motifs is 3. The van der Waals surface area contributed by atoms with Crippen LogP contribution in [0.3, 0.4) is 0 Å². The van der Waals surface area contributed by atoms with Crippen LogP contribution in [0, 0.1) is 6.92 Å². The number of aromatic nitrogens is 2. The molecule has 0 spiro atoms. The van der Waals surface area contributed by atoms with Crippen molar-refractivity contribution in [3.8, 4) is 22.9 Å². The second kappa shape index (κ2) is 11.7. The van der Waals surface area contributed by atoms with Crippen molar-refractivity contribution in [3.05, 3.63) is 81.9 Å². The van der Waals surface area contributed by atoms with Gasteiger partial charge in [0.25, 0.3) is 11.5 Å². The third-order valence-electron chi connectivity index (χ3n) is 7.66. The van der Waals surface area contributed by atoms with Gasteiger partial charge in [0.1, 0.15) is 11.6 Å². The molecule has 3 aromatic carbocycles. The lowest BCUT2D eigenvalue weighted by Gasteiger charge is -2.20. The van der Waals surface area contributed by atoms with Crippen LogP contribution in [-0.4, -0.2) is 64.6 Å². The van der Waals surface area contributed by atoms with Gasteiger partial charge in [0.05, 0.1) is 60.8 Å². The van der Waals surface area contributed by atoms with Gasteiger partial charge in [0.15, 0.2) is 11.5 Å². The summed E-state index contributed by atoms with van der Waals surface area (Å²) in [5, 5.41) is 9.78. The third kappa shape index (κ3) is 5.21. The van der Waals surface area contributed by atoms with Gasteiger partial charge >= 0.3 is 0 Å². The Morgan fingerprint density at radius 3 is 2.60 bits per heavy atom. The van der Waals surface area contributed by atoms with Gasteiger partial charge in [0, 0.05) is 25.2 Å². The summed E-state index contributed by atoms with van der Waals surface area (Å²) in [6.45, 7) is 3.18. The number of ether oxygens (including phenoxy) is 3. The number of methoxy groups -OCH3 is 1. The summed E-state index contributed by atoms with van der Waals surface area (Å²) in [7, 11) is 1.55. The van der Waals surface area contributed by atoms with Crippen molar-refractivity contribution in [2.75, 3.05) is 26.9 Å². The van der Waals surface area contributed by atoms with Crippen LogP contribution in [0.1, 0.15) is 41.0 Å². The molecule has 1 amide bonds. The number of rotatable bonds is 9. The van der Waals surface area contributed by atoms with E-state index in [1.807, 2.05) is 11.1 Å². The predicted molar refractivity (Wildman–Crippen MR) is 159 cm³/mol. The molecule has 1 saturated heterocycles. The van der Waals surface area contributed by atoms with E-state index in [2.05, 4.69) is 9.98 Å². The van der Waals surface area contributed by atoms with Crippen LogP contribution in [0.5, 0.6) is 17.2 Å². The lowest BCUT2D eigenvalue weighted by molar-refractivity contribution is 0.0774. The van der Waals surface area contributed by atoms with Crippen molar-refractivity contribution in [1.82, 2.24) is 14.5 Å². The summed E-state index contributed by atoms with van der Waals surface area (Å²) in [6.07, 6.45) is 4.33. The second-order valence-electron chi connectivity index (χ2n) is 10.4. The van der Waals surface area contributed by atoms with Crippen molar-refractivity contribution >= 4 is 28.7 Å². The predicted octanol–water partition coefficient (Wildman–Crippen LogP) is 4.36. The first kappa shape index (κ1) is 27.5. The fraction of sp³-hybridized carbons (Fsp3) is 0.312. The topological polar surface area (TPSA) is 115 Å². The second-order valence-corrected chi connectivity index (χ2v) is 10.4. The summed E-state index contributed by atoms with van der Waals surface area (Å²) >= 11 is 0. The van der Waals surface area contributed by atoms with Crippen molar-refractivity contribution in [1.29, 1.82) is 0 Å². The molecule has 1 N–H and O–H groups in total. The minimum Gasteiger partial charge on any atom is -0.493 e. The molecule has 0 aliphatic carbocycles. The van der Waals surface area contributed by atoms with E-state index < -0.39 is 0 Å². The Kier molecular flexibility index (Phi) is 7.62. The summed E-state index contributed by atoms with van der Waals surface area (Å²) in [5.74, 6) is 2.09. The minimum absolute atomic E-state index is 0.0321. The first-order chi connectivity index (χ1) is 20.5. The van der Waals surface area contributed by atoms with Gasteiger partial charge in [0.2, 0.25) is 0 Å². The van der Waals surface area contributed by atoms with Crippen molar-refractivity contribution in [2.24, 2.45) is 4.99 Å². The van der Waals surface area contributed by atoms with E-state index >= 15 is 0 Å². The highest BCUT2D eigenvalue weighted by atomic mass is 16.5. The first-order valence-corrected chi connectivity index (χ1v) is 14.0. The molecule has 4 aromatic rings. The molecular formula is C32H32N4O6. The lowest BCUT2D eigenvalue weighted by Crippen LogP contribution is -2.35. The van der Waals surface area contributed by atoms with E-state index in [9.17, 15) is 14.7 Å². The number of benzene rings is 3. The number of amides is 1. The van der Waals surface area contributed by atoms with Gasteiger partial charge in [-0.1, -0.05) is 12.1 Å². The number of aliphatic imine (C=N–C) groups is 1. The Balaban J connectivity index is 1.12.